The minimum Gasteiger partial charge on any atom is -0.507 e. The second-order valence-electron chi connectivity index (χ2n) is 9.80. The molecule has 0 unspecified atom stereocenters. The van der Waals surface area contributed by atoms with Crippen molar-refractivity contribution in [1.29, 1.82) is 0 Å². The Morgan fingerprint density at radius 3 is 1.29 bits per heavy atom. The molecule has 0 amide bonds. The second-order valence-corrected chi connectivity index (χ2v) is 9.80. The predicted octanol–water partition coefficient (Wildman–Crippen LogP) is 7.63. The largest absolute Gasteiger partial charge is 0.507 e. The molecule has 1 nitrogen and oxygen atoms in total. The van der Waals surface area contributed by atoms with E-state index in [1.165, 1.54) is 11.1 Å². The third-order valence-electron chi connectivity index (χ3n) is 5.30. The van der Waals surface area contributed by atoms with Crippen LogP contribution in [0.15, 0.2) is 60.7 Å². The van der Waals surface area contributed by atoms with Crippen LogP contribution in [0.1, 0.15) is 58.2 Å². The Labute approximate surface area is 170 Å². The molecule has 0 atom stereocenters. The number of rotatable bonds is 2. The summed E-state index contributed by atoms with van der Waals surface area (Å²) in [5, 5.41) is 11.4. The van der Waals surface area contributed by atoms with E-state index in [0.29, 0.717) is 5.75 Å². The van der Waals surface area contributed by atoms with Crippen LogP contribution in [-0.2, 0) is 10.8 Å². The Bertz CT molecular complexity index is 919. The Morgan fingerprint density at radius 2 is 0.929 bits per heavy atom. The van der Waals surface area contributed by atoms with Gasteiger partial charge < -0.3 is 5.11 Å². The van der Waals surface area contributed by atoms with Gasteiger partial charge in [-0.3, -0.25) is 0 Å². The highest BCUT2D eigenvalue weighted by atomic mass is 16.3. The van der Waals surface area contributed by atoms with Crippen LogP contribution in [0.2, 0.25) is 0 Å². The fourth-order valence-electron chi connectivity index (χ4n) is 3.93. The van der Waals surface area contributed by atoms with E-state index in [0.717, 1.165) is 27.8 Å². The fourth-order valence-corrected chi connectivity index (χ4v) is 3.93. The first-order valence-corrected chi connectivity index (χ1v) is 10.0. The molecule has 146 valence electrons. The number of hydrogen-bond donors (Lipinski definition) is 1. The van der Waals surface area contributed by atoms with Crippen molar-refractivity contribution in [2.24, 2.45) is 0 Å². The number of benzene rings is 3. The van der Waals surface area contributed by atoms with Gasteiger partial charge in [-0.05, 0) is 57.7 Å². The van der Waals surface area contributed by atoms with Crippen molar-refractivity contribution in [1.82, 2.24) is 0 Å². The summed E-state index contributed by atoms with van der Waals surface area (Å²) in [5.74, 6) is 0.360. The quantitative estimate of drug-likeness (QED) is 0.490. The van der Waals surface area contributed by atoms with Gasteiger partial charge in [0.1, 0.15) is 5.75 Å². The molecule has 0 saturated heterocycles. The Hall–Kier alpha value is -2.54. The molecule has 0 radical (unpaired) electrons. The number of hydrogen-bond acceptors (Lipinski definition) is 1. The molecular formula is C27H32O. The van der Waals surface area contributed by atoms with Gasteiger partial charge >= 0.3 is 0 Å². The minimum atomic E-state index is -0.00371. The molecule has 3 aromatic carbocycles. The lowest BCUT2D eigenvalue weighted by molar-refractivity contribution is 0.478. The van der Waals surface area contributed by atoms with Gasteiger partial charge in [0.25, 0.3) is 0 Å². The molecule has 0 saturated carbocycles. The zero-order chi connectivity index (χ0) is 20.7. The van der Waals surface area contributed by atoms with Crippen LogP contribution in [0, 0.1) is 6.92 Å². The van der Waals surface area contributed by atoms with E-state index in [-0.39, 0.29) is 10.8 Å². The van der Waals surface area contributed by atoms with Crippen LogP contribution in [0.25, 0.3) is 22.3 Å². The summed E-state index contributed by atoms with van der Waals surface area (Å²) >= 11 is 0. The first kappa shape index (κ1) is 20.2. The van der Waals surface area contributed by atoms with E-state index in [1.807, 2.05) is 0 Å². The lowest BCUT2D eigenvalue weighted by Crippen LogP contribution is -2.13. The maximum atomic E-state index is 11.4. The Kier molecular flexibility index (Phi) is 5.14. The van der Waals surface area contributed by atoms with Gasteiger partial charge in [-0.1, -0.05) is 90.1 Å². The van der Waals surface area contributed by atoms with Gasteiger partial charge in [0, 0.05) is 11.1 Å². The Morgan fingerprint density at radius 1 is 0.571 bits per heavy atom. The zero-order valence-electron chi connectivity index (χ0n) is 18.2. The molecule has 1 heteroatoms. The highest BCUT2D eigenvalue weighted by Gasteiger charge is 2.24. The minimum absolute atomic E-state index is 0.00371. The summed E-state index contributed by atoms with van der Waals surface area (Å²) in [6, 6.07) is 21.0. The number of phenolic OH excluding ortho intramolecular Hbond substituents is 1. The number of aromatic hydroxyl groups is 1. The molecule has 28 heavy (non-hydrogen) atoms. The normalized spacial score (nSPS) is 12.2. The topological polar surface area (TPSA) is 20.2 Å². The summed E-state index contributed by atoms with van der Waals surface area (Å²) in [7, 11) is 0. The maximum absolute atomic E-state index is 11.4. The van der Waals surface area contributed by atoms with E-state index >= 15 is 0 Å². The van der Waals surface area contributed by atoms with Crippen molar-refractivity contribution in [2.45, 2.75) is 59.3 Å². The molecule has 3 rings (SSSR count). The van der Waals surface area contributed by atoms with E-state index in [1.54, 1.807) is 0 Å². The molecule has 0 heterocycles. The molecule has 0 aliphatic heterocycles. The van der Waals surface area contributed by atoms with Gasteiger partial charge in [-0.2, -0.15) is 0 Å². The van der Waals surface area contributed by atoms with Crippen molar-refractivity contribution < 1.29 is 5.11 Å². The van der Waals surface area contributed by atoms with Crippen molar-refractivity contribution in [3.63, 3.8) is 0 Å². The van der Waals surface area contributed by atoms with Crippen LogP contribution in [0.4, 0.5) is 0 Å². The van der Waals surface area contributed by atoms with Crippen LogP contribution >= 0.6 is 0 Å². The van der Waals surface area contributed by atoms with Crippen molar-refractivity contribution in [2.75, 3.05) is 0 Å². The summed E-state index contributed by atoms with van der Waals surface area (Å²) in [6.45, 7) is 15.4. The van der Waals surface area contributed by atoms with Gasteiger partial charge in [-0.25, -0.2) is 0 Å². The van der Waals surface area contributed by atoms with Crippen LogP contribution in [0.3, 0.4) is 0 Å². The van der Waals surface area contributed by atoms with E-state index in [2.05, 4.69) is 109 Å². The van der Waals surface area contributed by atoms with Crippen molar-refractivity contribution >= 4 is 0 Å². The van der Waals surface area contributed by atoms with Crippen molar-refractivity contribution in [3.05, 3.63) is 77.4 Å². The standard InChI is InChI=1S/C27H32O/c1-18-16-21(19-12-8-10-14-23(19)26(2,3)4)25(28)22(17-18)20-13-9-11-15-24(20)27(5,6)7/h8-17,28H,1-7H3. The van der Waals surface area contributed by atoms with Crippen LogP contribution in [-0.4, -0.2) is 5.11 Å². The molecule has 0 aromatic heterocycles. The maximum Gasteiger partial charge on any atom is 0.131 e. The summed E-state index contributed by atoms with van der Waals surface area (Å²) < 4.78 is 0. The van der Waals surface area contributed by atoms with Crippen LogP contribution in [0.5, 0.6) is 5.75 Å². The number of aryl methyl sites for hydroxylation is 1. The summed E-state index contributed by atoms with van der Waals surface area (Å²) in [5.41, 5.74) is 7.64. The third-order valence-corrected chi connectivity index (χ3v) is 5.30. The van der Waals surface area contributed by atoms with Gasteiger partial charge in [0.15, 0.2) is 0 Å². The lowest BCUT2D eigenvalue weighted by Gasteiger charge is -2.26. The molecule has 1 N–H and O–H groups in total. The first-order valence-electron chi connectivity index (χ1n) is 10.0. The SMILES string of the molecule is Cc1cc(-c2ccccc2C(C)(C)C)c(O)c(-c2ccccc2C(C)(C)C)c1. The highest BCUT2D eigenvalue weighted by Crippen LogP contribution is 2.44. The smallest absolute Gasteiger partial charge is 0.131 e. The van der Waals surface area contributed by atoms with E-state index < -0.39 is 0 Å². The Balaban J connectivity index is 2.31. The highest BCUT2D eigenvalue weighted by molar-refractivity contribution is 5.85. The van der Waals surface area contributed by atoms with E-state index in [9.17, 15) is 5.11 Å². The second kappa shape index (κ2) is 7.13. The van der Waals surface area contributed by atoms with Crippen molar-refractivity contribution in [3.8, 4) is 28.0 Å². The first-order chi connectivity index (χ1) is 13.0. The van der Waals surface area contributed by atoms with Gasteiger partial charge in [0.05, 0.1) is 0 Å². The average molecular weight is 373 g/mol. The molecule has 0 spiro atoms. The molecule has 0 aliphatic carbocycles. The molecule has 3 aromatic rings. The summed E-state index contributed by atoms with van der Waals surface area (Å²) in [4.78, 5) is 0. The molecule has 0 aliphatic rings. The van der Waals surface area contributed by atoms with E-state index in [4.69, 9.17) is 0 Å². The number of phenols is 1. The lowest BCUT2D eigenvalue weighted by atomic mass is 9.79. The summed E-state index contributed by atoms with van der Waals surface area (Å²) in [6.07, 6.45) is 0. The fraction of sp³-hybridized carbons (Fsp3) is 0.333. The zero-order valence-corrected chi connectivity index (χ0v) is 18.2. The molecular weight excluding hydrogens is 340 g/mol. The molecule has 0 bridgehead atoms. The average Bonchev–Trinajstić information content (AvgIpc) is 2.62. The van der Waals surface area contributed by atoms with Crippen LogP contribution < -0.4 is 0 Å². The van der Waals surface area contributed by atoms with Gasteiger partial charge in [-0.15, -0.1) is 0 Å². The monoisotopic (exact) mass is 372 g/mol. The molecule has 0 fully saturated rings. The third kappa shape index (κ3) is 3.85. The predicted molar refractivity (Wildman–Crippen MR) is 121 cm³/mol. The van der Waals surface area contributed by atoms with Gasteiger partial charge in [0.2, 0.25) is 0 Å².